The van der Waals surface area contributed by atoms with Crippen molar-refractivity contribution >= 4 is 24.0 Å². The number of aryl methyl sites for hydroxylation is 1. The highest BCUT2D eigenvalue weighted by molar-refractivity contribution is 7.11. The van der Waals surface area contributed by atoms with E-state index >= 15 is 0 Å². The van der Waals surface area contributed by atoms with Crippen molar-refractivity contribution in [3.05, 3.63) is 39.1 Å². The number of hydrogen-bond donors (Lipinski definition) is 2. The Morgan fingerprint density at radius 3 is 2.74 bits per heavy atom. The molecule has 0 bridgehead atoms. The van der Waals surface area contributed by atoms with E-state index in [0.29, 0.717) is 17.9 Å². The first-order valence-corrected chi connectivity index (χ1v) is 8.52. The Bertz CT molecular complexity index is 668. The normalized spacial score (nSPS) is 17.3. The average molecular weight is 332 g/mol. The van der Waals surface area contributed by atoms with Crippen LogP contribution in [0.1, 0.15) is 43.5 Å². The van der Waals surface area contributed by atoms with Gasteiger partial charge in [-0.3, -0.25) is 4.79 Å². The number of nitrogens with one attached hydrogen (secondary N) is 2. The molecule has 2 rings (SSSR count). The second kappa shape index (κ2) is 7.08. The van der Waals surface area contributed by atoms with Gasteiger partial charge in [0, 0.05) is 27.8 Å². The van der Waals surface area contributed by atoms with Crippen molar-refractivity contribution in [3.8, 4) is 0 Å². The summed E-state index contributed by atoms with van der Waals surface area (Å²) in [4.78, 5) is 21.9. The Balaban J connectivity index is 2.07. The first kappa shape index (κ1) is 17.4. The summed E-state index contributed by atoms with van der Waals surface area (Å²) in [5, 5.41) is 7.20. The standard InChI is InChI=1S/C17H24N4OS/c1-6-13(12(3)15(18-5)21-17(4)7-8-17)16(22)20-10-14-19-9-11(2)23-14/h6,9,21H,5,7-8,10H2,1-4H3,(H,20,22)/b13-6-,15-12-. The molecule has 23 heavy (non-hydrogen) atoms. The summed E-state index contributed by atoms with van der Waals surface area (Å²) in [5.41, 5.74) is 1.51. The predicted molar refractivity (Wildman–Crippen MR) is 95.5 cm³/mol. The molecule has 1 aliphatic rings. The van der Waals surface area contributed by atoms with Gasteiger partial charge in [-0.1, -0.05) is 6.08 Å². The maximum atomic E-state index is 12.5. The zero-order valence-electron chi connectivity index (χ0n) is 14.2. The van der Waals surface area contributed by atoms with E-state index in [9.17, 15) is 4.79 Å². The number of amides is 1. The molecular weight excluding hydrogens is 308 g/mol. The van der Waals surface area contributed by atoms with Gasteiger partial charge >= 0.3 is 0 Å². The Hall–Kier alpha value is -1.95. The van der Waals surface area contributed by atoms with Crippen molar-refractivity contribution < 1.29 is 4.79 Å². The zero-order valence-corrected chi connectivity index (χ0v) is 15.0. The van der Waals surface area contributed by atoms with Crippen LogP contribution in [0, 0.1) is 6.92 Å². The fourth-order valence-corrected chi connectivity index (χ4v) is 2.96. The average Bonchev–Trinajstić information content (AvgIpc) is 3.10. The molecule has 6 heteroatoms. The third kappa shape index (κ3) is 4.51. The lowest BCUT2D eigenvalue weighted by Gasteiger charge is -2.17. The maximum absolute atomic E-state index is 12.5. The van der Waals surface area contributed by atoms with E-state index in [-0.39, 0.29) is 11.4 Å². The van der Waals surface area contributed by atoms with E-state index in [4.69, 9.17) is 0 Å². The van der Waals surface area contributed by atoms with Gasteiger partial charge in [-0.25, -0.2) is 9.98 Å². The molecule has 1 amide bonds. The third-order valence-corrected chi connectivity index (χ3v) is 4.85. The summed E-state index contributed by atoms with van der Waals surface area (Å²) < 4.78 is 0. The van der Waals surface area contributed by atoms with Gasteiger partial charge in [-0.05, 0) is 47.3 Å². The number of aromatic nitrogens is 1. The maximum Gasteiger partial charge on any atom is 0.251 e. The quantitative estimate of drug-likeness (QED) is 0.458. The molecule has 1 aromatic rings. The van der Waals surface area contributed by atoms with Gasteiger partial charge in [-0.2, -0.15) is 0 Å². The zero-order chi connectivity index (χ0) is 17.0. The molecule has 0 aliphatic heterocycles. The Morgan fingerprint density at radius 2 is 2.26 bits per heavy atom. The lowest BCUT2D eigenvalue weighted by atomic mass is 10.1. The van der Waals surface area contributed by atoms with E-state index in [1.165, 1.54) is 0 Å². The van der Waals surface area contributed by atoms with E-state index in [1.54, 1.807) is 17.4 Å². The second-order valence-corrected chi connectivity index (χ2v) is 7.39. The monoisotopic (exact) mass is 332 g/mol. The number of rotatable bonds is 7. The summed E-state index contributed by atoms with van der Waals surface area (Å²) in [6, 6.07) is 0. The molecule has 124 valence electrons. The van der Waals surface area contributed by atoms with Crippen LogP contribution < -0.4 is 10.6 Å². The van der Waals surface area contributed by atoms with Gasteiger partial charge in [0.05, 0.1) is 6.54 Å². The fourth-order valence-electron chi connectivity index (χ4n) is 2.23. The summed E-state index contributed by atoms with van der Waals surface area (Å²) >= 11 is 1.59. The number of carbonyl (C=O) groups excluding carboxylic acids is 1. The molecule has 0 saturated heterocycles. The highest BCUT2D eigenvalue weighted by Gasteiger charge is 2.38. The van der Waals surface area contributed by atoms with Gasteiger partial charge < -0.3 is 10.6 Å². The SMILES string of the molecule is C=N/C(NC1(C)CC1)=C(C)/C(=C/C)C(=O)NCc1ncc(C)s1. The van der Waals surface area contributed by atoms with Gasteiger partial charge in [0.25, 0.3) is 5.91 Å². The number of hydrogen-bond acceptors (Lipinski definition) is 5. The summed E-state index contributed by atoms with van der Waals surface area (Å²) in [5.74, 6) is 0.556. The lowest BCUT2D eigenvalue weighted by molar-refractivity contribution is -0.117. The van der Waals surface area contributed by atoms with Crippen LogP contribution in [-0.2, 0) is 11.3 Å². The summed E-state index contributed by atoms with van der Waals surface area (Å²) in [7, 11) is 0. The van der Waals surface area contributed by atoms with Crippen molar-refractivity contribution in [2.75, 3.05) is 0 Å². The van der Waals surface area contributed by atoms with E-state index in [2.05, 4.69) is 34.3 Å². The summed E-state index contributed by atoms with van der Waals surface area (Å²) in [6.45, 7) is 12.0. The molecule has 0 aromatic carbocycles. The first-order chi connectivity index (χ1) is 10.9. The number of nitrogens with zero attached hydrogens (tertiary/aromatic N) is 2. The van der Waals surface area contributed by atoms with Crippen LogP contribution >= 0.6 is 11.3 Å². The fraction of sp³-hybridized carbons (Fsp3) is 0.471. The topological polar surface area (TPSA) is 66.4 Å². The number of allylic oxidation sites excluding steroid dienone is 1. The Kier molecular flexibility index (Phi) is 5.36. The van der Waals surface area contributed by atoms with Crippen LogP contribution in [0.5, 0.6) is 0 Å². The molecule has 1 aliphatic carbocycles. The molecule has 2 N–H and O–H groups in total. The van der Waals surface area contributed by atoms with Crippen molar-refractivity contribution in [2.24, 2.45) is 4.99 Å². The molecule has 1 saturated carbocycles. The van der Waals surface area contributed by atoms with Gasteiger partial charge in [0.15, 0.2) is 0 Å². The molecule has 1 aromatic heterocycles. The molecule has 0 atom stereocenters. The third-order valence-electron chi connectivity index (χ3n) is 3.94. The smallest absolute Gasteiger partial charge is 0.251 e. The highest BCUT2D eigenvalue weighted by atomic mass is 32.1. The number of aliphatic imine (C=N–C) groups is 1. The lowest BCUT2D eigenvalue weighted by Crippen LogP contribution is -2.29. The minimum Gasteiger partial charge on any atom is -0.365 e. The van der Waals surface area contributed by atoms with E-state index in [0.717, 1.165) is 28.3 Å². The van der Waals surface area contributed by atoms with E-state index in [1.807, 2.05) is 27.0 Å². The molecule has 0 unspecified atom stereocenters. The van der Waals surface area contributed by atoms with E-state index < -0.39 is 0 Å². The molecule has 1 heterocycles. The number of carbonyl (C=O) groups is 1. The van der Waals surface area contributed by atoms with Crippen molar-refractivity contribution in [1.29, 1.82) is 0 Å². The van der Waals surface area contributed by atoms with Crippen LogP contribution in [-0.4, -0.2) is 23.1 Å². The van der Waals surface area contributed by atoms with Crippen molar-refractivity contribution in [1.82, 2.24) is 15.6 Å². The van der Waals surface area contributed by atoms with Crippen molar-refractivity contribution in [3.63, 3.8) is 0 Å². The van der Waals surface area contributed by atoms with Crippen LogP contribution in [0.2, 0.25) is 0 Å². The summed E-state index contributed by atoms with van der Waals surface area (Å²) in [6.07, 6.45) is 5.84. The minimum atomic E-state index is -0.123. The predicted octanol–water partition coefficient (Wildman–Crippen LogP) is 3.09. The Morgan fingerprint density at radius 1 is 1.57 bits per heavy atom. The van der Waals surface area contributed by atoms with Gasteiger partial charge in [0.2, 0.25) is 0 Å². The largest absolute Gasteiger partial charge is 0.365 e. The highest BCUT2D eigenvalue weighted by Crippen LogP contribution is 2.36. The molecular formula is C17H24N4OS. The Labute approximate surface area is 141 Å². The van der Waals surface area contributed by atoms with Gasteiger partial charge in [-0.15, -0.1) is 11.3 Å². The second-order valence-electron chi connectivity index (χ2n) is 6.07. The van der Waals surface area contributed by atoms with Crippen LogP contribution in [0.4, 0.5) is 0 Å². The van der Waals surface area contributed by atoms with Crippen molar-refractivity contribution in [2.45, 2.75) is 52.6 Å². The van der Waals surface area contributed by atoms with Crippen LogP contribution in [0.15, 0.2) is 34.2 Å². The molecule has 1 fully saturated rings. The van der Waals surface area contributed by atoms with Crippen LogP contribution in [0.3, 0.4) is 0 Å². The van der Waals surface area contributed by atoms with Gasteiger partial charge in [0.1, 0.15) is 10.8 Å². The molecule has 0 radical (unpaired) electrons. The molecule has 0 spiro atoms. The minimum absolute atomic E-state index is 0.0888. The van der Waals surface area contributed by atoms with Crippen LogP contribution in [0.25, 0.3) is 0 Å². The molecule has 5 nitrogen and oxygen atoms in total. The number of thiazole rings is 1. The first-order valence-electron chi connectivity index (χ1n) is 7.70.